The Morgan fingerprint density at radius 3 is 2.41 bits per heavy atom. The van der Waals surface area contributed by atoms with Gasteiger partial charge in [-0.2, -0.15) is 0 Å². The molecule has 1 fully saturated rings. The minimum atomic E-state index is -1.41. The van der Waals surface area contributed by atoms with Gasteiger partial charge in [0.1, 0.15) is 0 Å². The molecule has 0 aliphatic carbocycles. The molecule has 1 unspecified atom stereocenters. The van der Waals surface area contributed by atoms with Crippen molar-refractivity contribution in [3.63, 3.8) is 0 Å². The SMILES string of the molecule is CC1(C)CCC(NC(=O)c2cc[c]([Hg][Cl])cc2)C(C)(C)[N+]1=O. The van der Waals surface area contributed by atoms with Crippen LogP contribution < -0.4 is 8.39 Å². The first kappa shape index (κ1) is 17.9. The van der Waals surface area contributed by atoms with Gasteiger partial charge in [-0.1, -0.05) is 0 Å². The molecule has 0 saturated carbocycles. The van der Waals surface area contributed by atoms with E-state index in [1.165, 1.54) is 3.07 Å². The summed E-state index contributed by atoms with van der Waals surface area (Å²) in [6.45, 7) is 7.71. The van der Waals surface area contributed by atoms with Crippen LogP contribution in [0.4, 0.5) is 0 Å². The number of carbonyl (C=O) groups excluding carboxylic acids is 1. The van der Waals surface area contributed by atoms with Crippen LogP contribution in [0, 0.1) is 4.91 Å². The van der Waals surface area contributed by atoms with Crippen molar-refractivity contribution < 1.29 is 32.9 Å². The van der Waals surface area contributed by atoms with Crippen molar-refractivity contribution in [1.82, 2.24) is 5.32 Å². The Labute approximate surface area is 147 Å². The summed E-state index contributed by atoms with van der Waals surface area (Å²) in [4.78, 5) is 25.0. The molecule has 1 atom stereocenters. The third kappa shape index (κ3) is 3.53. The van der Waals surface area contributed by atoms with E-state index in [1.54, 1.807) is 0 Å². The van der Waals surface area contributed by atoms with Gasteiger partial charge in [0, 0.05) is 0 Å². The van der Waals surface area contributed by atoms with Crippen molar-refractivity contribution in [2.45, 2.75) is 57.7 Å². The van der Waals surface area contributed by atoms with Gasteiger partial charge in [0.15, 0.2) is 0 Å². The second-order valence-corrected chi connectivity index (χ2v) is 13.7. The molecule has 1 heterocycles. The van der Waals surface area contributed by atoms with Crippen molar-refractivity contribution in [3.05, 3.63) is 34.7 Å². The van der Waals surface area contributed by atoms with Gasteiger partial charge in [-0.3, -0.25) is 0 Å². The number of piperidine rings is 1. The van der Waals surface area contributed by atoms with Gasteiger partial charge in [0.05, 0.1) is 0 Å². The molecule has 6 heteroatoms. The molecule has 1 amide bonds. The fraction of sp³-hybridized carbons (Fsp3) is 0.562. The van der Waals surface area contributed by atoms with Crippen molar-refractivity contribution in [1.29, 1.82) is 0 Å². The molecular formula is C16H22ClHgN2O2+. The van der Waals surface area contributed by atoms with Crippen LogP contribution in [-0.4, -0.2) is 27.8 Å². The van der Waals surface area contributed by atoms with Crippen LogP contribution in [0.15, 0.2) is 24.3 Å². The number of carbonyl (C=O) groups is 1. The number of hydrogen-bond acceptors (Lipinski definition) is 2. The monoisotopic (exact) mass is 511 g/mol. The Hall–Kier alpha value is -0.485. The Morgan fingerprint density at radius 1 is 1.27 bits per heavy atom. The summed E-state index contributed by atoms with van der Waals surface area (Å²) in [5.41, 5.74) is -0.384. The van der Waals surface area contributed by atoms with Gasteiger partial charge in [-0.05, 0) is 0 Å². The summed E-state index contributed by atoms with van der Waals surface area (Å²) in [5, 5.41) is 3.04. The number of benzene rings is 1. The topological polar surface area (TPSA) is 49.2 Å². The van der Waals surface area contributed by atoms with Crippen molar-refractivity contribution in [3.8, 4) is 0 Å². The van der Waals surface area contributed by atoms with E-state index < -0.39 is 28.9 Å². The van der Waals surface area contributed by atoms with Crippen molar-refractivity contribution in [2.75, 3.05) is 0 Å². The summed E-state index contributed by atoms with van der Waals surface area (Å²) < 4.78 is 2.34. The van der Waals surface area contributed by atoms with E-state index >= 15 is 0 Å². The third-order valence-electron chi connectivity index (χ3n) is 4.65. The summed E-state index contributed by atoms with van der Waals surface area (Å²) in [5.74, 6) is -0.121. The first-order valence-corrected chi connectivity index (χ1v) is 17.1. The molecular weight excluding hydrogens is 488 g/mol. The number of rotatable bonds is 3. The fourth-order valence-electron chi connectivity index (χ4n) is 3.11. The van der Waals surface area contributed by atoms with E-state index in [0.717, 1.165) is 17.6 Å². The maximum absolute atomic E-state index is 12.5. The summed E-state index contributed by atoms with van der Waals surface area (Å²) in [6, 6.07) is 7.37. The fourth-order valence-corrected chi connectivity index (χ4v) is 6.28. The molecule has 22 heavy (non-hydrogen) atoms. The van der Waals surface area contributed by atoms with Crippen LogP contribution in [-0.2, 0) is 23.3 Å². The second-order valence-electron chi connectivity index (χ2n) is 7.16. The molecule has 0 spiro atoms. The minimum absolute atomic E-state index is 0.121. The van der Waals surface area contributed by atoms with Gasteiger partial charge in [-0.15, -0.1) is 0 Å². The van der Waals surface area contributed by atoms with Gasteiger partial charge in [-0.25, -0.2) is 0 Å². The Kier molecular flexibility index (Phi) is 5.32. The second kappa shape index (κ2) is 6.56. The van der Waals surface area contributed by atoms with E-state index in [0.29, 0.717) is 5.56 Å². The van der Waals surface area contributed by atoms with Crippen LogP contribution in [0.1, 0.15) is 50.9 Å². The van der Waals surface area contributed by atoms with E-state index in [1.807, 2.05) is 52.0 Å². The van der Waals surface area contributed by atoms with Crippen LogP contribution in [0.25, 0.3) is 0 Å². The average molecular weight is 510 g/mol. The van der Waals surface area contributed by atoms with E-state index in [-0.39, 0.29) is 17.5 Å². The third-order valence-corrected chi connectivity index (χ3v) is 10.4. The first-order chi connectivity index (χ1) is 10.2. The zero-order valence-electron chi connectivity index (χ0n) is 13.6. The van der Waals surface area contributed by atoms with Crippen molar-refractivity contribution in [2.24, 2.45) is 0 Å². The Balaban J connectivity index is 2.12. The average Bonchev–Trinajstić information content (AvgIpc) is 2.49. The van der Waals surface area contributed by atoms with Gasteiger partial charge < -0.3 is 0 Å². The number of halogens is 1. The predicted octanol–water partition coefficient (Wildman–Crippen LogP) is 2.78. The van der Waals surface area contributed by atoms with Crippen LogP contribution >= 0.6 is 8.25 Å². The van der Waals surface area contributed by atoms with Gasteiger partial charge in [0.2, 0.25) is 0 Å². The quantitative estimate of drug-likeness (QED) is 0.503. The number of amides is 1. The molecule has 1 saturated heterocycles. The maximum atomic E-state index is 12.5. The Bertz CT molecular complexity index is 584. The number of nitrogens with one attached hydrogen (secondary N) is 1. The zero-order chi connectivity index (χ0) is 16.5. The summed E-state index contributed by atoms with van der Waals surface area (Å²) >= 11 is -1.41. The zero-order valence-corrected chi connectivity index (χ0v) is 19.9. The molecule has 0 bridgehead atoms. The molecule has 0 radical (unpaired) electrons. The van der Waals surface area contributed by atoms with Crippen LogP contribution in [0.3, 0.4) is 0 Å². The van der Waals surface area contributed by atoms with E-state index in [2.05, 4.69) is 5.32 Å². The number of nitrogens with zero attached hydrogens (tertiary/aromatic N) is 1. The summed E-state index contributed by atoms with van der Waals surface area (Å²) in [6.07, 6.45) is 1.58. The molecule has 4 nitrogen and oxygen atoms in total. The molecule has 1 aromatic carbocycles. The molecule has 1 aromatic rings. The molecule has 0 aromatic heterocycles. The summed E-state index contributed by atoms with van der Waals surface area (Å²) in [7, 11) is 5.98. The number of hydrogen-bond donors (Lipinski definition) is 1. The first-order valence-electron chi connectivity index (χ1n) is 7.62. The molecule has 2 rings (SSSR count). The van der Waals surface area contributed by atoms with Gasteiger partial charge in [0.25, 0.3) is 0 Å². The number of nitroso groups, excluding NO2 is 1. The van der Waals surface area contributed by atoms with Crippen LogP contribution in [0.2, 0.25) is 0 Å². The van der Waals surface area contributed by atoms with Gasteiger partial charge >= 0.3 is 148 Å². The van der Waals surface area contributed by atoms with E-state index in [4.69, 9.17) is 8.25 Å². The molecule has 116 valence electrons. The van der Waals surface area contributed by atoms with E-state index in [9.17, 15) is 9.70 Å². The normalized spacial score (nSPS) is 22.8. The Morgan fingerprint density at radius 2 is 1.86 bits per heavy atom. The van der Waals surface area contributed by atoms with Crippen LogP contribution in [0.5, 0.6) is 0 Å². The molecule has 1 aliphatic heterocycles. The predicted molar refractivity (Wildman–Crippen MR) is 84.2 cm³/mol. The standard InChI is InChI=1S/C16H21N2O2.ClH.Hg/c1-15(2)11-10-13(16(3,4)18(15)20)17-14(19)12-8-6-5-7-9-12;;/h6-9,13H,10-11H2,1-4H3;1H;/q;;+1. The van der Waals surface area contributed by atoms with Crippen molar-refractivity contribution >= 4 is 17.2 Å². The molecule has 1 aliphatic rings. The molecule has 1 N–H and O–H groups in total.